The topological polar surface area (TPSA) is 410 Å². The number of hydrogen-bond acceptors (Lipinski definition) is 0. The molecule has 0 aromatic rings. The molecule has 0 saturated carbocycles. The Hall–Kier alpha value is 6.03. The fraction of sp³-hybridized carbons (Fsp3) is 0. The minimum absolute atomic E-state index is 0. The molecule has 0 bridgehead atoms. The third-order valence-corrected chi connectivity index (χ3v) is 0. The average molecular weight is 395 g/mol. The van der Waals surface area contributed by atoms with Gasteiger partial charge in [0, 0.05) is 0 Å². The normalized spacial score (nSPS) is 0. The van der Waals surface area contributed by atoms with Gasteiger partial charge in [-0.05, 0) is 0 Å². The average Bonchev–Trinajstić information content (AvgIpc) is 0. The smallest absolute Gasteiger partial charge is 1.00 e. The van der Waals surface area contributed by atoms with Crippen LogP contribution >= 0.6 is 0 Å². The molecule has 0 spiro atoms. The molecule has 17 heavy (non-hydrogen) atoms. The summed E-state index contributed by atoms with van der Waals surface area (Å²) in [5.74, 6) is 0. The van der Waals surface area contributed by atoms with Crippen molar-refractivity contribution in [1.29, 1.82) is 0 Å². The first-order valence-electron chi connectivity index (χ1n) is 0. The van der Waals surface area contributed by atoms with E-state index in [0.29, 0.717) is 0 Å². The van der Waals surface area contributed by atoms with Crippen molar-refractivity contribution in [3.8, 4) is 0 Å². The molecule has 0 atom stereocenters. The van der Waals surface area contributed by atoms with E-state index in [2.05, 4.69) is 0 Å². The van der Waals surface area contributed by atoms with Gasteiger partial charge in [-0.2, -0.15) is 0 Å². The van der Waals surface area contributed by atoms with Gasteiger partial charge < -0.3 is 76.9 Å². The number of hydrogen-bond donors (Lipinski definition) is 0. The van der Waals surface area contributed by atoms with E-state index < -0.39 is 0 Å². The molecule has 0 aliphatic heterocycles. The first-order chi connectivity index (χ1) is 0. The van der Waals surface area contributed by atoms with Crippen LogP contribution in [-0.4, -0.2) is 71.2 Å². The molecule has 0 aliphatic carbocycles. The van der Waals surface area contributed by atoms with Crippen LogP contribution in [0.2, 0.25) is 0 Å². The zero-order valence-corrected chi connectivity index (χ0v) is 23.0. The quantitative estimate of drug-likeness (QED) is 0.345. The second-order valence-corrected chi connectivity index (χ2v) is 0. The molecule has 0 aromatic heterocycles. The predicted octanol–water partition coefficient (Wildman–Crippen LogP) is -22.3. The largest absolute Gasteiger partial charge is 1.00 e. The molecule has 26 N–H and O–H groups in total. The fourth-order valence-electron chi connectivity index (χ4n) is 0. The molecule has 112 valence electrons. The molecule has 0 amide bonds. The predicted molar refractivity (Wildman–Crippen MR) is 51.4 cm³/mol. The van der Waals surface area contributed by atoms with E-state index in [1.54, 1.807) is 0 Å². The van der Waals surface area contributed by atoms with Crippen LogP contribution in [0.4, 0.5) is 0 Å². The molecule has 0 heterocycles. The molecular formula is H30K4O13. The zero-order valence-electron chi connectivity index (χ0n) is 14.5. The van der Waals surface area contributed by atoms with Gasteiger partial charge >= 0.3 is 206 Å². The minimum Gasteiger partial charge on any atom is -1.00 e. The van der Waals surface area contributed by atoms with Crippen LogP contribution in [0.5, 0.6) is 0 Å². The maximum Gasteiger partial charge on any atom is 1.00 e. The fourth-order valence-corrected chi connectivity index (χ4v) is 0. The van der Waals surface area contributed by atoms with Gasteiger partial charge in [-0.25, -0.2) is 0 Å². The van der Waals surface area contributed by atoms with Crippen molar-refractivity contribution in [2.45, 2.75) is 0 Å². The van der Waals surface area contributed by atoms with Gasteiger partial charge in [-0.1, -0.05) is 0 Å². The van der Waals surface area contributed by atoms with Gasteiger partial charge in [0.25, 0.3) is 0 Å². The third kappa shape index (κ3) is 243. The van der Waals surface area contributed by atoms with Crippen molar-refractivity contribution in [2.24, 2.45) is 0 Å². The van der Waals surface area contributed by atoms with Crippen molar-refractivity contribution < 1.29 is 282 Å². The van der Waals surface area contributed by atoms with E-state index in [0.717, 1.165) is 0 Å². The standard InChI is InChI=1S/4K.13H2O.4H/h;;;;13*1H2;;;;/q4*+1;;;;;;;;;;;;;;4*-1. The van der Waals surface area contributed by atoms with Crippen LogP contribution in [0.15, 0.2) is 0 Å². The van der Waals surface area contributed by atoms with Crippen molar-refractivity contribution >= 4 is 0 Å². The molecule has 0 saturated heterocycles. The minimum atomic E-state index is 0. The Bertz CT molecular complexity index is 28.1. The first kappa shape index (κ1) is 308. The van der Waals surface area contributed by atoms with Gasteiger partial charge in [0.1, 0.15) is 0 Å². The van der Waals surface area contributed by atoms with Crippen LogP contribution in [0.25, 0.3) is 0 Å². The second kappa shape index (κ2) is 268. The van der Waals surface area contributed by atoms with Gasteiger partial charge in [0.15, 0.2) is 0 Å². The SMILES string of the molecule is O.O.O.O.O.O.O.O.O.O.O.O.O.[H-].[H-].[H-].[H-].[K+].[K+].[K+].[K+]. The van der Waals surface area contributed by atoms with Crippen molar-refractivity contribution in [2.75, 3.05) is 0 Å². The van der Waals surface area contributed by atoms with Gasteiger partial charge in [-0.15, -0.1) is 0 Å². The van der Waals surface area contributed by atoms with Crippen molar-refractivity contribution in [1.82, 2.24) is 0 Å². The van der Waals surface area contributed by atoms with E-state index in [9.17, 15) is 0 Å². The Morgan fingerprint density at radius 1 is 0.176 bits per heavy atom. The summed E-state index contributed by atoms with van der Waals surface area (Å²) in [6, 6.07) is 0. The Labute approximate surface area is 274 Å². The van der Waals surface area contributed by atoms with Crippen LogP contribution in [0, 0.1) is 0 Å². The molecular weight excluding hydrogens is 364 g/mol. The summed E-state index contributed by atoms with van der Waals surface area (Å²) in [5.41, 5.74) is 0. The maximum atomic E-state index is 0. The second-order valence-electron chi connectivity index (χ2n) is 0. The number of rotatable bonds is 0. The summed E-state index contributed by atoms with van der Waals surface area (Å²) in [7, 11) is 0. The summed E-state index contributed by atoms with van der Waals surface area (Å²) >= 11 is 0. The first-order valence-corrected chi connectivity index (χ1v) is 0. The van der Waals surface area contributed by atoms with Gasteiger partial charge in [0.05, 0.1) is 0 Å². The molecule has 0 aliphatic rings. The van der Waals surface area contributed by atoms with E-state index in [1.807, 2.05) is 0 Å². The van der Waals surface area contributed by atoms with Gasteiger partial charge in [0.2, 0.25) is 0 Å². The summed E-state index contributed by atoms with van der Waals surface area (Å²) in [6.07, 6.45) is 0. The van der Waals surface area contributed by atoms with Crippen molar-refractivity contribution in [3.05, 3.63) is 0 Å². The molecule has 0 rings (SSSR count). The molecule has 0 aromatic carbocycles. The Kier molecular flexibility index (Phi) is 4850. The summed E-state index contributed by atoms with van der Waals surface area (Å²) in [6.45, 7) is 0. The molecule has 0 unspecified atom stereocenters. The van der Waals surface area contributed by atoms with Crippen LogP contribution in [0.3, 0.4) is 0 Å². The third-order valence-electron chi connectivity index (χ3n) is 0. The maximum absolute atomic E-state index is 0. The molecule has 0 fully saturated rings. The van der Waals surface area contributed by atoms with E-state index in [1.165, 1.54) is 0 Å². The Morgan fingerprint density at radius 2 is 0.176 bits per heavy atom. The Morgan fingerprint density at radius 3 is 0.176 bits per heavy atom. The van der Waals surface area contributed by atoms with Crippen molar-refractivity contribution in [3.63, 3.8) is 0 Å². The summed E-state index contributed by atoms with van der Waals surface area (Å²) in [4.78, 5) is 0. The Balaban J connectivity index is 0. The summed E-state index contributed by atoms with van der Waals surface area (Å²) < 4.78 is 0. The van der Waals surface area contributed by atoms with Gasteiger partial charge in [-0.3, -0.25) is 0 Å². The van der Waals surface area contributed by atoms with E-state index in [-0.39, 0.29) is 282 Å². The zero-order chi connectivity index (χ0) is 0. The van der Waals surface area contributed by atoms with E-state index in [4.69, 9.17) is 0 Å². The molecule has 13 nitrogen and oxygen atoms in total. The van der Waals surface area contributed by atoms with Crippen LogP contribution < -0.4 is 206 Å². The molecule has 0 radical (unpaired) electrons. The van der Waals surface area contributed by atoms with Crippen LogP contribution in [-0.2, 0) is 0 Å². The van der Waals surface area contributed by atoms with E-state index >= 15 is 0 Å². The molecule has 17 heteroatoms. The summed E-state index contributed by atoms with van der Waals surface area (Å²) in [5, 5.41) is 0. The monoisotopic (exact) mass is 394 g/mol. The van der Waals surface area contributed by atoms with Crippen LogP contribution in [0.1, 0.15) is 5.71 Å².